The fraction of sp³-hybridized carbons (Fsp3) is 0.500. The largest absolute Gasteiger partial charge is 0.405 e. The highest BCUT2D eigenvalue weighted by atomic mass is 79.9. The van der Waals surface area contributed by atoms with Crippen LogP contribution in [0.4, 0.5) is 13.2 Å². The van der Waals surface area contributed by atoms with Crippen LogP contribution < -0.4 is 5.32 Å². The molecule has 0 saturated carbocycles. The third-order valence-electron chi connectivity index (χ3n) is 3.14. The monoisotopic (exact) mass is 462 g/mol. The zero-order valence-electron chi connectivity index (χ0n) is 11.0. The van der Waals surface area contributed by atoms with Crippen LogP contribution in [0.5, 0.6) is 0 Å². The van der Waals surface area contributed by atoms with Crippen molar-refractivity contribution in [1.82, 2.24) is 10.2 Å². The first-order valence-corrected chi connectivity index (χ1v) is 8.69. The third-order valence-corrected chi connectivity index (χ3v) is 6.38. The van der Waals surface area contributed by atoms with Crippen LogP contribution in [0.3, 0.4) is 0 Å². The summed E-state index contributed by atoms with van der Waals surface area (Å²) < 4.78 is 38.0. The summed E-state index contributed by atoms with van der Waals surface area (Å²) in [7, 11) is 0. The van der Waals surface area contributed by atoms with Crippen LogP contribution in [0.2, 0.25) is 0 Å². The van der Waals surface area contributed by atoms with Crippen molar-refractivity contribution in [3.05, 3.63) is 19.2 Å². The maximum atomic E-state index is 12.4. The van der Waals surface area contributed by atoms with Crippen molar-refractivity contribution in [3.8, 4) is 0 Å². The number of hydrogen-bond donors (Lipinski definition) is 1. The number of carbonyl (C=O) groups is 2. The lowest BCUT2D eigenvalue weighted by atomic mass is 10.2. The predicted octanol–water partition coefficient (Wildman–Crippen LogP) is 3.56. The molecular formula is C12H11Br2F3N2O2S. The van der Waals surface area contributed by atoms with Crippen molar-refractivity contribution in [3.63, 3.8) is 0 Å². The molecule has 1 saturated heterocycles. The topological polar surface area (TPSA) is 49.4 Å². The summed E-state index contributed by atoms with van der Waals surface area (Å²) in [5, 5.41) is 1.84. The molecule has 0 bridgehead atoms. The molecular weight excluding hydrogens is 453 g/mol. The van der Waals surface area contributed by atoms with E-state index in [1.165, 1.54) is 16.2 Å². The van der Waals surface area contributed by atoms with Crippen LogP contribution in [-0.2, 0) is 4.79 Å². The van der Waals surface area contributed by atoms with E-state index in [9.17, 15) is 22.8 Å². The molecule has 122 valence electrons. The summed E-state index contributed by atoms with van der Waals surface area (Å²) in [5.41, 5.74) is 0. The van der Waals surface area contributed by atoms with Gasteiger partial charge in [-0.05, 0) is 50.8 Å². The Kier molecular flexibility index (Phi) is 5.54. The molecule has 0 radical (unpaired) electrons. The first-order valence-electron chi connectivity index (χ1n) is 6.29. The minimum Gasteiger partial charge on any atom is -0.345 e. The summed E-state index contributed by atoms with van der Waals surface area (Å²) in [6, 6.07) is 0.773. The number of rotatable bonds is 3. The number of likely N-dealkylation sites (tertiary alicyclic amines) is 1. The summed E-state index contributed by atoms with van der Waals surface area (Å²) in [4.78, 5) is 26.1. The Bertz CT molecular complexity index is 572. The standard InChI is InChI=1S/C12H11Br2F3N2O2S/c13-6-4-8(22-9(6)14)11(21)19-3-1-2-7(19)10(20)18-5-12(15,16)17/h4,7H,1-3,5H2,(H,18,20). The summed E-state index contributed by atoms with van der Waals surface area (Å²) in [5.74, 6) is -1.11. The van der Waals surface area contributed by atoms with Gasteiger partial charge in [0.2, 0.25) is 5.91 Å². The van der Waals surface area contributed by atoms with E-state index in [4.69, 9.17) is 0 Å². The van der Waals surface area contributed by atoms with Gasteiger partial charge in [-0.2, -0.15) is 13.2 Å². The maximum absolute atomic E-state index is 12.4. The number of thiophene rings is 1. The van der Waals surface area contributed by atoms with Crippen molar-refractivity contribution in [1.29, 1.82) is 0 Å². The minimum absolute atomic E-state index is 0.346. The van der Waals surface area contributed by atoms with Crippen molar-refractivity contribution in [2.45, 2.75) is 25.1 Å². The first-order chi connectivity index (χ1) is 10.2. The van der Waals surface area contributed by atoms with E-state index in [1.807, 2.05) is 5.32 Å². The van der Waals surface area contributed by atoms with Gasteiger partial charge >= 0.3 is 6.18 Å². The van der Waals surface area contributed by atoms with Crippen LogP contribution in [0.1, 0.15) is 22.5 Å². The Hall–Kier alpha value is -0.610. The number of alkyl halides is 3. The molecule has 4 nitrogen and oxygen atoms in total. The normalized spacial score (nSPS) is 18.6. The highest BCUT2D eigenvalue weighted by molar-refractivity contribution is 9.13. The first kappa shape index (κ1) is 17.7. The van der Waals surface area contributed by atoms with E-state index < -0.39 is 24.7 Å². The molecule has 0 aliphatic carbocycles. The quantitative estimate of drug-likeness (QED) is 0.745. The number of nitrogens with zero attached hydrogens (tertiary/aromatic N) is 1. The molecule has 0 aromatic carbocycles. The molecule has 1 aromatic heterocycles. The lowest BCUT2D eigenvalue weighted by Gasteiger charge is -2.23. The Morgan fingerprint density at radius 1 is 1.41 bits per heavy atom. The number of halogens is 5. The number of nitrogens with one attached hydrogen (secondary N) is 1. The van der Waals surface area contributed by atoms with Crippen molar-refractivity contribution < 1.29 is 22.8 Å². The average molecular weight is 464 g/mol. The molecule has 1 atom stereocenters. The van der Waals surface area contributed by atoms with E-state index in [0.717, 1.165) is 8.26 Å². The Balaban J connectivity index is 2.06. The number of amides is 2. The molecule has 1 aliphatic rings. The van der Waals surface area contributed by atoms with E-state index in [2.05, 4.69) is 31.9 Å². The lowest BCUT2D eigenvalue weighted by molar-refractivity contribution is -0.140. The Labute approximate surface area is 145 Å². The molecule has 2 heterocycles. The van der Waals surface area contributed by atoms with Crippen LogP contribution >= 0.6 is 43.2 Å². The van der Waals surface area contributed by atoms with E-state index >= 15 is 0 Å². The third kappa shape index (κ3) is 4.23. The van der Waals surface area contributed by atoms with E-state index in [-0.39, 0.29) is 5.91 Å². The highest BCUT2D eigenvalue weighted by Gasteiger charge is 2.37. The smallest absolute Gasteiger partial charge is 0.345 e. The van der Waals surface area contributed by atoms with Crippen LogP contribution in [-0.4, -0.2) is 42.0 Å². The highest BCUT2D eigenvalue weighted by Crippen LogP contribution is 2.34. The fourth-order valence-electron chi connectivity index (χ4n) is 2.18. The minimum atomic E-state index is -4.47. The van der Waals surface area contributed by atoms with E-state index in [1.54, 1.807) is 6.07 Å². The molecule has 0 spiro atoms. The second-order valence-electron chi connectivity index (χ2n) is 4.72. The van der Waals surface area contributed by atoms with Crippen LogP contribution in [0, 0.1) is 0 Å². The SMILES string of the molecule is O=C(NCC(F)(F)F)C1CCCN1C(=O)c1cc(Br)c(Br)s1. The second kappa shape index (κ2) is 6.88. The van der Waals surface area contributed by atoms with Gasteiger partial charge < -0.3 is 10.2 Å². The maximum Gasteiger partial charge on any atom is 0.405 e. The van der Waals surface area contributed by atoms with Gasteiger partial charge in [-0.15, -0.1) is 11.3 Å². The molecule has 1 fully saturated rings. The predicted molar refractivity (Wildman–Crippen MR) is 82.8 cm³/mol. The molecule has 1 aliphatic heterocycles. The second-order valence-corrected chi connectivity index (χ2v) is 7.95. The van der Waals surface area contributed by atoms with Crippen molar-refractivity contribution >= 4 is 55.0 Å². The summed E-state index contributed by atoms with van der Waals surface area (Å²) in [6.07, 6.45) is -3.51. The fourth-order valence-corrected chi connectivity index (χ4v) is 4.17. The Morgan fingerprint density at radius 2 is 2.09 bits per heavy atom. The van der Waals surface area contributed by atoms with Gasteiger partial charge in [0, 0.05) is 11.0 Å². The van der Waals surface area contributed by atoms with Gasteiger partial charge in [-0.3, -0.25) is 9.59 Å². The molecule has 10 heteroatoms. The van der Waals surface area contributed by atoms with E-state index in [0.29, 0.717) is 24.3 Å². The van der Waals surface area contributed by atoms with Gasteiger partial charge in [0.15, 0.2) is 0 Å². The van der Waals surface area contributed by atoms with Gasteiger partial charge in [0.1, 0.15) is 12.6 Å². The van der Waals surface area contributed by atoms with Gasteiger partial charge in [-0.1, -0.05) is 0 Å². The lowest BCUT2D eigenvalue weighted by Crippen LogP contribution is -2.47. The average Bonchev–Trinajstić information content (AvgIpc) is 3.02. The molecule has 1 aromatic rings. The van der Waals surface area contributed by atoms with Gasteiger partial charge in [0.05, 0.1) is 8.66 Å². The van der Waals surface area contributed by atoms with Crippen molar-refractivity contribution in [2.75, 3.05) is 13.1 Å². The molecule has 2 amide bonds. The summed E-state index contributed by atoms with van der Waals surface area (Å²) in [6.45, 7) is -1.03. The zero-order chi connectivity index (χ0) is 16.5. The number of carbonyl (C=O) groups excluding carboxylic acids is 2. The van der Waals surface area contributed by atoms with Gasteiger partial charge in [-0.25, -0.2) is 0 Å². The molecule has 1 N–H and O–H groups in total. The molecule has 1 unspecified atom stereocenters. The summed E-state index contributed by atoms with van der Waals surface area (Å²) >= 11 is 7.76. The Morgan fingerprint density at radius 3 is 2.64 bits per heavy atom. The van der Waals surface area contributed by atoms with Crippen LogP contribution in [0.15, 0.2) is 14.3 Å². The van der Waals surface area contributed by atoms with Gasteiger partial charge in [0.25, 0.3) is 5.91 Å². The van der Waals surface area contributed by atoms with Crippen LogP contribution in [0.25, 0.3) is 0 Å². The molecule has 2 rings (SSSR count). The number of hydrogen-bond acceptors (Lipinski definition) is 3. The molecule has 22 heavy (non-hydrogen) atoms. The zero-order valence-corrected chi connectivity index (χ0v) is 15.0. The van der Waals surface area contributed by atoms with Crippen molar-refractivity contribution in [2.24, 2.45) is 0 Å².